The number of para-hydroxylation sites is 2. The van der Waals surface area contributed by atoms with E-state index in [-0.39, 0.29) is 6.54 Å². The fourth-order valence-electron chi connectivity index (χ4n) is 2.94. The minimum atomic E-state index is -4.46. The van der Waals surface area contributed by atoms with Crippen molar-refractivity contribution in [1.29, 1.82) is 0 Å². The van der Waals surface area contributed by atoms with Gasteiger partial charge >= 0.3 is 6.18 Å². The van der Waals surface area contributed by atoms with Gasteiger partial charge in [-0.3, -0.25) is 0 Å². The van der Waals surface area contributed by atoms with Gasteiger partial charge in [-0.15, -0.1) is 0 Å². The lowest BCUT2D eigenvalue weighted by molar-refractivity contribution is -0.147. The minimum Gasteiger partial charge on any atom is -0.493 e. The lowest BCUT2D eigenvalue weighted by Gasteiger charge is -2.12. The Hall–Kier alpha value is -2.50. The third-order valence-corrected chi connectivity index (χ3v) is 4.29. The highest BCUT2D eigenvalue weighted by molar-refractivity contribution is 5.76. The molecule has 138 valence electrons. The van der Waals surface area contributed by atoms with Gasteiger partial charge in [0.15, 0.2) is 0 Å². The Morgan fingerprint density at radius 2 is 1.81 bits per heavy atom. The van der Waals surface area contributed by atoms with E-state index < -0.39 is 12.0 Å². The Balaban J connectivity index is 1.64. The van der Waals surface area contributed by atoms with E-state index in [9.17, 15) is 13.2 Å². The highest BCUT2D eigenvalue weighted by atomic mass is 19.4. The molecule has 0 unspecified atom stereocenters. The summed E-state index contributed by atoms with van der Waals surface area (Å²) in [7, 11) is 0. The quantitative estimate of drug-likeness (QED) is 0.539. The maximum atomic E-state index is 13.3. The molecule has 0 N–H and O–H groups in total. The molecule has 1 heterocycles. The van der Waals surface area contributed by atoms with Crippen LogP contribution in [-0.2, 0) is 12.7 Å². The number of fused-ring (bicyclic) bond motifs is 1. The molecule has 3 rings (SSSR count). The first-order chi connectivity index (χ1) is 12.4. The van der Waals surface area contributed by atoms with Crippen molar-refractivity contribution in [1.82, 2.24) is 9.55 Å². The summed E-state index contributed by atoms with van der Waals surface area (Å²) in [6, 6.07) is 12.7. The van der Waals surface area contributed by atoms with Crippen molar-refractivity contribution >= 4 is 11.0 Å². The van der Waals surface area contributed by atoms with Crippen LogP contribution in [0.1, 0.15) is 29.8 Å². The first kappa shape index (κ1) is 18.3. The number of benzene rings is 2. The molecule has 0 aliphatic carbocycles. The maximum absolute atomic E-state index is 13.3. The van der Waals surface area contributed by atoms with E-state index in [1.165, 1.54) is 4.57 Å². The van der Waals surface area contributed by atoms with E-state index in [4.69, 9.17) is 4.74 Å². The van der Waals surface area contributed by atoms with Crippen molar-refractivity contribution in [2.75, 3.05) is 6.61 Å². The summed E-state index contributed by atoms with van der Waals surface area (Å²) >= 11 is 0. The molecule has 26 heavy (non-hydrogen) atoms. The van der Waals surface area contributed by atoms with E-state index >= 15 is 0 Å². The lowest BCUT2D eigenvalue weighted by atomic mass is 10.1. The number of ether oxygens (including phenoxy) is 1. The number of nitrogens with zero attached hydrogens (tertiary/aromatic N) is 2. The molecular weight excluding hydrogens is 341 g/mol. The first-order valence-electron chi connectivity index (χ1n) is 8.59. The Morgan fingerprint density at radius 1 is 1.04 bits per heavy atom. The fraction of sp³-hybridized carbons (Fsp3) is 0.350. The number of imidazole rings is 1. The van der Waals surface area contributed by atoms with Crippen molar-refractivity contribution in [3.63, 3.8) is 0 Å². The molecule has 0 fully saturated rings. The molecule has 0 radical (unpaired) electrons. The molecular formula is C20H21F3N2O. The summed E-state index contributed by atoms with van der Waals surface area (Å²) in [4.78, 5) is 3.76. The highest BCUT2D eigenvalue weighted by Crippen LogP contribution is 2.31. The predicted molar refractivity (Wildman–Crippen MR) is 95.4 cm³/mol. The van der Waals surface area contributed by atoms with Gasteiger partial charge in [0.05, 0.1) is 17.6 Å². The van der Waals surface area contributed by atoms with Crippen LogP contribution in [0.2, 0.25) is 0 Å². The van der Waals surface area contributed by atoms with Crippen LogP contribution in [-0.4, -0.2) is 16.2 Å². The van der Waals surface area contributed by atoms with Crippen LogP contribution in [0.4, 0.5) is 13.2 Å². The van der Waals surface area contributed by atoms with Crippen LogP contribution < -0.4 is 4.74 Å². The number of hydrogen-bond donors (Lipinski definition) is 0. The fourth-order valence-corrected chi connectivity index (χ4v) is 2.94. The summed E-state index contributed by atoms with van der Waals surface area (Å²) in [5, 5.41) is 0. The summed E-state index contributed by atoms with van der Waals surface area (Å²) in [6.45, 7) is 4.70. The first-order valence-corrected chi connectivity index (χ1v) is 8.59. The van der Waals surface area contributed by atoms with Gasteiger partial charge in [-0.2, -0.15) is 13.2 Å². The molecule has 2 aromatic carbocycles. The zero-order chi connectivity index (χ0) is 18.7. The summed E-state index contributed by atoms with van der Waals surface area (Å²) in [6.07, 6.45) is -3.22. The molecule has 0 spiro atoms. The number of aromatic nitrogens is 2. The van der Waals surface area contributed by atoms with E-state index in [1.807, 2.05) is 32.0 Å². The van der Waals surface area contributed by atoms with Crippen molar-refractivity contribution in [3.8, 4) is 5.75 Å². The third-order valence-electron chi connectivity index (χ3n) is 4.29. The predicted octanol–water partition coefficient (Wildman–Crippen LogP) is 5.53. The molecule has 0 bridgehead atoms. The Bertz CT molecular complexity index is 900. The van der Waals surface area contributed by atoms with E-state index in [2.05, 4.69) is 4.98 Å². The summed E-state index contributed by atoms with van der Waals surface area (Å²) < 4.78 is 46.8. The van der Waals surface area contributed by atoms with Crippen LogP contribution in [0.5, 0.6) is 5.75 Å². The molecule has 0 aliphatic rings. The van der Waals surface area contributed by atoms with Crippen LogP contribution in [0.25, 0.3) is 11.0 Å². The van der Waals surface area contributed by atoms with Gasteiger partial charge in [-0.25, -0.2) is 4.98 Å². The average Bonchev–Trinajstić information content (AvgIpc) is 2.97. The van der Waals surface area contributed by atoms with Gasteiger partial charge in [-0.05, 0) is 56.0 Å². The van der Waals surface area contributed by atoms with Crippen molar-refractivity contribution in [2.45, 2.75) is 39.4 Å². The second kappa shape index (κ2) is 7.40. The Morgan fingerprint density at radius 3 is 2.58 bits per heavy atom. The number of unbranched alkanes of at least 4 members (excludes halogenated alkanes) is 1. The van der Waals surface area contributed by atoms with Gasteiger partial charge in [0.25, 0.3) is 0 Å². The van der Waals surface area contributed by atoms with Gasteiger partial charge in [0.1, 0.15) is 5.75 Å². The van der Waals surface area contributed by atoms with Crippen molar-refractivity contribution in [2.24, 2.45) is 0 Å². The van der Waals surface area contributed by atoms with E-state index in [0.717, 1.165) is 16.9 Å². The van der Waals surface area contributed by atoms with Gasteiger partial charge in [0.2, 0.25) is 5.82 Å². The Labute approximate surface area is 150 Å². The Kier molecular flexibility index (Phi) is 5.20. The largest absolute Gasteiger partial charge is 0.493 e. The molecule has 6 heteroatoms. The molecule has 3 nitrogen and oxygen atoms in total. The molecule has 0 amide bonds. The molecule has 3 aromatic rings. The summed E-state index contributed by atoms with van der Waals surface area (Å²) in [5.41, 5.74) is 3.04. The number of halogens is 3. The lowest BCUT2D eigenvalue weighted by Crippen LogP contribution is -2.15. The number of alkyl halides is 3. The van der Waals surface area contributed by atoms with E-state index in [0.29, 0.717) is 30.5 Å². The molecule has 0 aliphatic heterocycles. The van der Waals surface area contributed by atoms with Gasteiger partial charge in [0, 0.05) is 6.54 Å². The van der Waals surface area contributed by atoms with Crippen LogP contribution in [0.15, 0.2) is 42.5 Å². The molecule has 0 saturated heterocycles. The van der Waals surface area contributed by atoms with Gasteiger partial charge in [-0.1, -0.05) is 24.3 Å². The standard InChI is InChI=1S/C20H21F3N2O/c1-14-9-10-15(2)18(13-14)26-12-6-5-11-25-17-8-4-3-7-16(17)24-19(25)20(21,22)23/h3-4,7-10,13H,5-6,11-12H2,1-2H3. The number of rotatable bonds is 6. The van der Waals surface area contributed by atoms with Crippen LogP contribution >= 0.6 is 0 Å². The smallest absolute Gasteiger partial charge is 0.449 e. The van der Waals surface area contributed by atoms with Crippen LogP contribution in [0, 0.1) is 13.8 Å². The highest BCUT2D eigenvalue weighted by Gasteiger charge is 2.37. The SMILES string of the molecule is Cc1ccc(C)c(OCCCCn2c(C(F)(F)F)nc3ccccc32)c1. The average molecular weight is 362 g/mol. The maximum Gasteiger partial charge on any atom is 0.449 e. The number of aryl methyl sites for hydroxylation is 3. The summed E-state index contributed by atoms with van der Waals surface area (Å²) in [5.74, 6) is -0.0109. The topological polar surface area (TPSA) is 27.1 Å². The molecule has 0 atom stereocenters. The van der Waals surface area contributed by atoms with E-state index in [1.54, 1.807) is 24.3 Å². The molecule has 0 saturated carbocycles. The zero-order valence-electron chi connectivity index (χ0n) is 14.8. The van der Waals surface area contributed by atoms with Crippen molar-refractivity contribution in [3.05, 3.63) is 59.4 Å². The van der Waals surface area contributed by atoms with Crippen molar-refractivity contribution < 1.29 is 17.9 Å². The van der Waals surface area contributed by atoms with Gasteiger partial charge < -0.3 is 9.30 Å². The van der Waals surface area contributed by atoms with Crippen LogP contribution in [0.3, 0.4) is 0 Å². The second-order valence-corrected chi connectivity index (χ2v) is 6.40. The number of hydrogen-bond acceptors (Lipinski definition) is 2. The zero-order valence-corrected chi connectivity index (χ0v) is 14.8. The third kappa shape index (κ3) is 4.00. The second-order valence-electron chi connectivity index (χ2n) is 6.40. The minimum absolute atomic E-state index is 0.255. The normalized spacial score (nSPS) is 11.9. The molecule has 1 aromatic heterocycles. The monoisotopic (exact) mass is 362 g/mol.